The van der Waals surface area contributed by atoms with Crippen LogP contribution in [0.2, 0.25) is 0 Å². The summed E-state index contributed by atoms with van der Waals surface area (Å²) in [6.07, 6.45) is 0.713. The summed E-state index contributed by atoms with van der Waals surface area (Å²) in [5, 5.41) is 5.05. The summed E-state index contributed by atoms with van der Waals surface area (Å²) in [7, 11) is -3.40. The highest BCUT2D eigenvalue weighted by atomic mass is 32.2. The molecule has 0 atom stereocenters. The Morgan fingerprint density at radius 3 is 2.20 bits per heavy atom. The molecule has 0 aromatic heterocycles. The van der Waals surface area contributed by atoms with E-state index in [0.717, 1.165) is 5.56 Å². The second-order valence-electron chi connectivity index (χ2n) is 4.63. The summed E-state index contributed by atoms with van der Waals surface area (Å²) in [4.78, 5) is 0. The smallest absolute Gasteiger partial charge is 0.209 e. The van der Waals surface area contributed by atoms with Crippen LogP contribution in [0.15, 0.2) is 30.3 Å². The molecule has 1 rings (SSSR count). The zero-order chi connectivity index (χ0) is 11.5. The lowest BCUT2D eigenvalue weighted by Crippen LogP contribution is -2.30. The minimum atomic E-state index is -3.40. The van der Waals surface area contributed by atoms with E-state index in [1.807, 2.05) is 44.2 Å². The average Bonchev–Trinajstić information content (AvgIpc) is 1.99. The number of rotatable bonds is 4. The molecule has 3 nitrogen and oxygen atoms in total. The normalized spacial score (nSPS) is 12.7. The van der Waals surface area contributed by atoms with Gasteiger partial charge in [-0.1, -0.05) is 44.2 Å². The van der Waals surface area contributed by atoms with E-state index < -0.39 is 10.0 Å². The van der Waals surface area contributed by atoms with Gasteiger partial charge in [0.25, 0.3) is 0 Å². The predicted molar refractivity (Wildman–Crippen MR) is 61.9 cm³/mol. The van der Waals surface area contributed by atoms with Crippen molar-refractivity contribution < 1.29 is 8.42 Å². The molecule has 0 aliphatic rings. The van der Waals surface area contributed by atoms with Crippen LogP contribution in [0.3, 0.4) is 0 Å². The zero-order valence-corrected chi connectivity index (χ0v) is 9.92. The molecule has 0 saturated carbocycles. The Hall–Kier alpha value is -0.870. The fourth-order valence-electron chi connectivity index (χ4n) is 1.74. The van der Waals surface area contributed by atoms with Gasteiger partial charge in [0.2, 0.25) is 10.0 Å². The van der Waals surface area contributed by atoms with Gasteiger partial charge in [-0.2, -0.15) is 0 Å². The van der Waals surface area contributed by atoms with Crippen molar-refractivity contribution in [2.75, 3.05) is 5.75 Å². The Balaban J connectivity index is 2.73. The van der Waals surface area contributed by atoms with Crippen molar-refractivity contribution in [3.8, 4) is 0 Å². The summed E-state index contributed by atoms with van der Waals surface area (Å²) in [5.74, 6) is 0.00882. The van der Waals surface area contributed by atoms with E-state index in [1.165, 1.54) is 0 Å². The Morgan fingerprint density at radius 2 is 1.73 bits per heavy atom. The van der Waals surface area contributed by atoms with Gasteiger partial charge in [-0.15, -0.1) is 0 Å². The number of nitrogens with two attached hydrogens (primary N) is 1. The quantitative estimate of drug-likeness (QED) is 0.848. The Bertz CT molecular complexity index is 409. The largest absolute Gasteiger partial charge is 0.229 e. The molecule has 0 bridgehead atoms. The Morgan fingerprint density at radius 1 is 1.20 bits per heavy atom. The molecule has 2 N–H and O–H groups in total. The number of benzene rings is 1. The SMILES string of the molecule is CC(C)(Cc1ccccc1)CS(N)(=O)=O. The summed E-state index contributed by atoms with van der Waals surface area (Å²) in [6, 6.07) is 9.82. The van der Waals surface area contributed by atoms with Crippen molar-refractivity contribution in [1.29, 1.82) is 0 Å². The summed E-state index contributed by atoms with van der Waals surface area (Å²) < 4.78 is 22.0. The monoisotopic (exact) mass is 227 g/mol. The van der Waals surface area contributed by atoms with Gasteiger partial charge < -0.3 is 0 Å². The molecule has 0 saturated heterocycles. The van der Waals surface area contributed by atoms with Crippen LogP contribution in [0, 0.1) is 5.41 Å². The first kappa shape index (κ1) is 12.2. The van der Waals surface area contributed by atoms with E-state index >= 15 is 0 Å². The van der Waals surface area contributed by atoms with Gasteiger partial charge in [-0.3, -0.25) is 0 Å². The topological polar surface area (TPSA) is 60.2 Å². The van der Waals surface area contributed by atoms with E-state index in [4.69, 9.17) is 5.14 Å². The zero-order valence-electron chi connectivity index (χ0n) is 9.10. The van der Waals surface area contributed by atoms with Crippen LogP contribution in [-0.2, 0) is 16.4 Å². The molecule has 0 radical (unpaired) electrons. The molecular formula is C11H17NO2S. The van der Waals surface area contributed by atoms with Crippen LogP contribution < -0.4 is 5.14 Å². The van der Waals surface area contributed by atoms with Gasteiger partial charge in [-0.05, 0) is 17.4 Å². The third-order valence-electron chi connectivity index (χ3n) is 2.12. The molecule has 0 amide bonds. The predicted octanol–water partition coefficient (Wildman–Crippen LogP) is 1.54. The highest BCUT2D eigenvalue weighted by Crippen LogP contribution is 2.22. The van der Waals surface area contributed by atoms with E-state index in [9.17, 15) is 8.42 Å². The minimum absolute atomic E-state index is 0.00882. The highest BCUT2D eigenvalue weighted by Gasteiger charge is 2.24. The van der Waals surface area contributed by atoms with Gasteiger partial charge in [0.15, 0.2) is 0 Å². The minimum Gasteiger partial charge on any atom is -0.229 e. The molecule has 0 aliphatic carbocycles. The number of hydrogen-bond acceptors (Lipinski definition) is 2. The maximum absolute atomic E-state index is 11.0. The lowest BCUT2D eigenvalue weighted by Gasteiger charge is -2.23. The van der Waals surface area contributed by atoms with Gasteiger partial charge in [0.1, 0.15) is 0 Å². The maximum Gasteiger partial charge on any atom is 0.209 e. The molecule has 15 heavy (non-hydrogen) atoms. The Labute approximate surface area is 91.4 Å². The third-order valence-corrected chi connectivity index (χ3v) is 3.30. The van der Waals surface area contributed by atoms with Crippen molar-refractivity contribution in [2.45, 2.75) is 20.3 Å². The van der Waals surface area contributed by atoms with Gasteiger partial charge in [0.05, 0.1) is 5.75 Å². The molecule has 84 valence electrons. The van der Waals surface area contributed by atoms with Crippen molar-refractivity contribution in [1.82, 2.24) is 0 Å². The number of hydrogen-bond donors (Lipinski definition) is 1. The van der Waals surface area contributed by atoms with Crippen LogP contribution in [-0.4, -0.2) is 14.2 Å². The molecule has 0 fully saturated rings. The standard InChI is InChI=1S/C11H17NO2S/c1-11(2,9-15(12,13)14)8-10-6-4-3-5-7-10/h3-7H,8-9H2,1-2H3,(H2,12,13,14). The summed E-state index contributed by atoms with van der Waals surface area (Å²) >= 11 is 0. The number of primary sulfonamides is 1. The molecule has 0 unspecified atom stereocenters. The third kappa shape index (κ3) is 4.95. The maximum atomic E-state index is 11.0. The first-order chi connectivity index (χ1) is 6.79. The van der Waals surface area contributed by atoms with E-state index in [2.05, 4.69) is 0 Å². The number of sulfonamides is 1. The lowest BCUT2D eigenvalue weighted by molar-refractivity contribution is 0.409. The fraction of sp³-hybridized carbons (Fsp3) is 0.455. The fourth-order valence-corrected chi connectivity index (χ4v) is 2.94. The van der Waals surface area contributed by atoms with Gasteiger partial charge in [0, 0.05) is 0 Å². The van der Waals surface area contributed by atoms with Gasteiger partial charge >= 0.3 is 0 Å². The molecule has 1 aromatic rings. The van der Waals surface area contributed by atoms with E-state index in [0.29, 0.717) is 6.42 Å². The summed E-state index contributed by atoms with van der Waals surface area (Å²) in [6.45, 7) is 3.81. The van der Waals surface area contributed by atoms with Crippen molar-refractivity contribution >= 4 is 10.0 Å². The van der Waals surface area contributed by atoms with E-state index in [-0.39, 0.29) is 11.2 Å². The molecule has 0 heterocycles. The van der Waals surface area contributed by atoms with Crippen molar-refractivity contribution in [3.63, 3.8) is 0 Å². The first-order valence-corrected chi connectivity index (χ1v) is 6.54. The first-order valence-electron chi connectivity index (χ1n) is 4.83. The van der Waals surface area contributed by atoms with Crippen LogP contribution in [0.5, 0.6) is 0 Å². The lowest BCUT2D eigenvalue weighted by atomic mass is 9.88. The van der Waals surface area contributed by atoms with Crippen molar-refractivity contribution in [3.05, 3.63) is 35.9 Å². The van der Waals surface area contributed by atoms with E-state index in [1.54, 1.807) is 0 Å². The second kappa shape index (κ2) is 4.33. The van der Waals surface area contributed by atoms with Crippen LogP contribution in [0.1, 0.15) is 19.4 Å². The van der Waals surface area contributed by atoms with Crippen LogP contribution in [0.25, 0.3) is 0 Å². The van der Waals surface area contributed by atoms with Gasteiger partial charge in [-0.25, -0.2) is 13.6 Å². The molecule has 1 aromatic carbocycles. The average molecular weight is 227 g/mol. The molecule has 4 heteroatoms. The summed E-state index contributed by atoms with van der Waals surface area (Å²) in [5.41, 5.74) is 0.806. The highest BCUT2D eigenvalue weighted by molar-refractivity contribution is 7.89. The van der Waals surface area contributed by atoms with Crippen LogP contribution in [0.4, 0.5) is 0 Å². The van der Waals surface area contributed by atoms with Crippen molar-refractivity contribution in [2.24, 2.45) is 10.6 Å². The van der Waals surface area contributed by atoms with Crippen LogP contribution >= 0.6 is 0 Å². The Kier molecular flexibility index (Phi) is 3.52. The molecular weight excluding hydrogens is 210 g/mol. The molecule has 0 aliphatic heterocycles. The molecule has 0 spiro atoms. The second-order valence-corrected chi connectivity index (χ2v) is 6.25.